The van der Waals surface area contributed by atoms with Crippen LogP contribution >= 0.6 is 12.4 Å². The van der Waals surface area contributed by atoms with Crippen LogP contribution in [0.15, 0.2) is 36.7 Å². The Balaban J connectivity index is 0.00000243. The smallest absolute Gasteiger partial charge is 0.245 e. The number of hydrogen-bond acceptors (Lipinski definition) is 4. The number of nitrogens with zero attached hydrogens (tertiary/aromatic N) is 2. The minimum absolute atomic E-state index is 0. The van der Waals surface area contributed by atoms with E-state index in [1.54, 1.807) is 24.4 Å². The third kappa shape index (κ3) is 3.22. The first-order chi connectivity index (χ1) is 11.8. The quantitative estimate of drug-likeness (QED) is 0.833. The highest BCUT2D eigenvalue weighted by Gasteiger charge is 2.62. The standard InChI is InChI=1S/C18H23FN4O2.ClH/c1-4-25-15-9-18(20,17(15,2)3)16(24)22-12-10-21-23(11-12)14-8-6-5-7-13(14)19;/h5-8,10-11,15H,4,9,20H2,1-3H3,(H,22,24);1H. The first-order valence-electron chi connectivity index (χ1n) is 8.31. The van der Waals surface area contributed by atoms with Crippen molar-refractivity contribution in [1.29, 1.82) is 0 Å². The highest BCUT2D eigenvalue weighted by molar-refractivity contribution is 5.99. The van der Waals surface area contributed by atoms with Crippen molar-refractivity contribution in [2.24, 2.45) is 11.1 Å². The largest absolute Gasteiger partial charge is 0.378 e. The van der Waals surface area contributed by atoms with E-state index < -0.39 is 16.8 Å². The number of nitrogens with one attached hydrogen (secondary N) is 1. The monoisotopic (exact) mass is 382 g/mol. The fraction of sp³-hybridized carbons (Fsp3) is 0.444. The van der Waals surface area contributed by atoms with Crippen LogP contribution in [-0.2, 0) is 9.53 Å². The van der Waals surface area contributed by atoms with Crippen LogP contribution in [0.3, 0.4) is 0 Å². The Morgan fingerprint density at radius 3 is 2.77 bits per heavy atom. The molecule has 0 bridgehead atoms. The molecule has 2 aromatic rings. The lowest BCUT2D eigenvalue weighted by molar-refractivity contribution is -0.166. The summed E-state index contributed by atoms with van der Waals surface area (Å²) in [5.74, 6) is -0.681. The van der Waals surface area contributed by atoms with Crippen molar-refractivity contribution in [3.63, 3.8) is 0 Å². The van der Waals surface area contributed by atoms with Crippen molar-refractivity contribution in [2.45, 2.75) is 38.8 Å². The second kappa shape index (κ2) is 7.34. The Labute approximate surface area is 158 Å². The zero-order valence-corrected chi connectivity index (χ0v) is 15.8. The summed E-state index contributed by atoms with van der Waals surface area (Å²) in [7, 11) is 0. The van der Waals surface area contributed by atoms with Crippen LogP contribution in [0.1, 0.15) is 27.2 Å². The van der Waals surface area contributed by atoms with Crippen molar-refractivity contribution in [3.8, 4) is 5.69 Å². The van der Waals surface area contributed by atoms with Gasteiger partial charge in [0.05, 0.1) is 24.2 Å². The van der Waals surface area contributed by atoms with Gasteiger partial charge in [-0.25, -0.2) is 9.07 Å². The summed E-state index contributed by atoms with van der Waals surface area (Å²) < 4.78 is 20.9. The molecule has 1 saturated carbocycles. The Bertz CT molecular complexity index is 795. The van der Waals surface area contributed by atoms with Gasteiger partial charge in [-0.3, -0.25) is 4.79 Å². The number of halogens is 2. The van der Waals surface area contributed by atoms with Crippen LogP contribution in [0.5, 0.6) is 0 Å². The molecule has 1 amide bonds. The first-order valence-corrected chi connectivity index (χ1v) is 8.31. The molecule has 1 aromatic heterocycles. The Hall–Kier alpha value is -1.96. The summed E-state index contributed by atoms with van der Waals surface area (Å²) in [5, 5.41) is 6.89. The fourth-order valence-corrected chi connectivity index (χ4v) is 3.22. The van der Waals surface area contributed by atoms with Gasteiger partial charge in [0.1, 0.15) is 17.0 Å². The molecule has 3 N–H and O–H groups in total. The number of anilines is 1. The molecule has 1 aromatic carbocycles. The van der Waals surface area contributed by atoms with Gasteiger partial charge in [0.2, 0.25) is 5.91 Å². The summed E-state index contributed by atoms with van der Waals surface area (Å²) in [6.07, 6.45) is 3.45. The van der Waals surface area contributed by atoms with Gasteiger partial charge in [0.15, 0.2) is 0 Å². The summed E-state index contributed by atoms with van der Waals surface area (Å²) in [6, 6.07) is 6.30. The van der Waals surface area contributed by atoms with Gasteiger partial charge in [-0.05, 0) is 19.1 Å². The number of benzene rings is 1. The maximum atomic E-state index is 13.8. The number of rotatable bonds is 5. The molecule has 6 nitrogen and oxygen atoms in total. The van der Waals surface area contributed by atoms with Gasteiger partial charge >= 0.3 is 0 Å². The molecule has 1 fully saturated rings. The molecule has 0 radical (unpaired) electrons. The SMILES string of the molecule is CCOC1CC(N)(C(=O)Nc2cnn(-c3ccccc3F)c2)C1(C)C.Cl. The number of amides is 1. The number of ether oxygens (including phenoxy) is 1. The lowest BCUT2D eigenvalue weighted by atomic mass is 9.54. The molecule has 1 aliphatic carbocycles. The first kappa shape index (κ1) is 20.4. The van der Waals surface area contributed by atoms with E-state index in [0.29, 0.717) is 24.4 Å². The van der Waals surface area contributed by atoms with E-state index in [0.717, 1.165) is 0 Å². The van der Waals surface area contributed by atoms with E-state index in [4.69, 9.17) is 10.5 Å². The lowest BCUT2D eigenvalue weighted by Crippen LogP contribution is -2.74. The molecule has 26 heavy (non-hydrogen) atoms. The van der Waals surface area contributed by atoms with E-state index in [9.17, 15) is 9.18 Å². The highest BCUT2D eigenvalue weighted by Crippen LogP contribution is 2.50. The number of para-hydroxylation sites is 1. The van der Waals surface area contributed by atoms with Gasteiger partial charge < -0.3 is 15.8 Å². The molecule has 142 valence electrons. The van der Waals surface area contributed by atoms with E-state index in [-0.39, 0.29) is 24.4 Å². The maximum Gasteiger partial charge on any atom is 0.245 e. The van der Waals surface area contributed by atoms with Gasteiger partial charge in [0, 0.05) is 18.4 Å². The van der Waals surface area contributed by atoms with E-state index in [1.165, 1.54) is 16.9 Å². The van der Waals surface area contributed by atoms with Crippen LogP contribution in [0.25, 0.3) is 5.69 Å². The molecule has 1 aliphatic rings. The Morgan fingerprint density at radius 2 is 2.15 bits per heavy atom. The summed E-state index contributed by atoms with van der Waals surface area (Å²) >= 11 is 0. The number of carbonyl (C=O) groups is 1. The second-order valence-corrected chi connectivity index (χ2v) is 6.92. The predicted molar refractivity (Wildman–Crippen MR) is 100 cm³/mol. The van der Waals surface area contributed by atoms with Crippen LogP contribution in [0.2, 0.25) is 0 Å². The Kier molecular flexibility index (Phi) is 5.75. The molecular weight excluding hydrogens is 359 g/mol. The third-order valence-corrected chi connectivity index (χ3v) is 5.17. The maximum absolute atomic E-state index is 13.8. The Morgan fingerprint density at radius 1 is 1.46 bits per heavy atom. The normalized spacial score (nSPS) is 23.7. The molecule has 0 saturated heterocycles. The molecule has 1 heterocycles. The molecule has 0 aliphatic heterocycles. The average molecular weight is 383 g/mol. The number of nitrogens with two attached hydrogens (primary N) is 1. The van der Waals surface area contributed by atoms with Gasteiger partial charge in [-0.15, -0.1) is 12.4 Å². The highest BCUT2D eigenvalue weighted by atomic mass is 35.5. The van der Waals surface area contributed by atoms with Crippen LogP contribution in [0.4, 0.5) is 10.1 Å². The molecule has 3 rings (SSSR count). The minimum Gasteiger partial charge on any atom is -0.378 e. The molecule has 0 spiro atoms. The third-order valence-electron chi connectivity index (χ3n) is 5.17. The van der Waals surface area contributed by atoms with Crippen molar-refractivity contribution >= 4 is 24.0 Å². The van der Waals surface area contributed by atoms with E-state index in [1.807, 2.05) is 20.8 Å². The fourth-order valence-electron chi connectivity index (χ4n) is 3.22. The minimum atomic E-state index is -1.02. The summed E-state index contributed by atoms with van der Waals surface area (Å²) in [6.45, 7) is 6.36. The van der Waals surface area contributed by atoms with Crippen LogP contribution < -0.4 is 11.1 Å². The number of aromatic nitrogens is 2. The molecular formula is C18H24ClFN4O2. The van der Waals surface area contributed by atoms with Gasteiger partial charge in [-0.1, -0.05) is 26.0 Å². The summed E-state index contributed by atoms with van der Waals surface area (Å²) in [4.78, 5) is 12.7. The zero-order valence-electron chi connectivity index (χ0n) is 15.0. The predicted octanol–water partition coefficient (Wildman–Crippen LogP) is 2.90. The molecule has 8 heteroatoms. The molecule has 2 atom stereocenters. The second-order valence-electron chi connectivity index (χ2n) is 6.92. The van der Waals surface area contributed by atoms with Crippen molar-refractivity contribution in [3.05, 3.63) is 42.5 Å². The molecule has 2 unspecified atom stereocenters. The van der Waals surface area contributed by atoms with Crippen molar-refractivity contribution in [1.82, 2.24) is 9.78 Å². The zero-order chi connectivity index (χ0) is 18.2. The number of hydrogen-bond donors (Lipinski definition) is 2. The average Bonchev–Trinajstić information content (AvgIpc) is 3.03. The van der Waals surface area contributed by atoms with Crippen molar-refractivity contribution in [2.75, 3.05) is 11.9 Å². The van der Waals surface area contributed by atoms with Crippen molar-refractivity contribution < 1.29 is 13.9 Å². The van der Waals surface area contributed by atoms with E-state index in [2.05, 4.69) is 10.4 Å². The van der Waals surface area contributed by atoms with Crippen LogP contribution in [-0.4, -0.2) is 33.9 Å². The van der Waals surface area contributed by atoms with E-state index >= 15 is 0 Å². The summed E-state index contributed by atoms with van der Waals surface area (Å²) in [5.41, 5.74) is 5.63. The van der Waals surface area contributed by atoms with Gasteiger partial charge in [-0.2, -0.15) is 5.10 Å². The topological polar surface area (TPSA) is 82.2 Å². The van der Waals surface area contributed by atoms with Gasteiger partial charge in [0.25, 0.3) is 0 Å². The van der Waals surface area contributed by atoms with Crippen LogP contribution in [0, 0.1) is 11.2 Å². The number of carbonyl (C=O) groups excluding carboxylic acids is 1. The lowest BCUT2D eigenvalue weighted by Gasteiger charge is -2.57.